The van der Waals surface area contributed by atoms with Crippen molar-refractivity contribution >= 4 is 22.5 Å². The number of anilines is 2. The zero-order chi connectivity index (χ0) is 22.3. The molecule has 160 valence electrons. The molecule has 0 saturated heterocycles. The molecular formula is C24H27N5O2. The average molecular weight is 418 g/mol. The van der Waals surface area contributed by atoms with E-state index in [-0.39, 0.29) is 11.0 Å². The summed E-state index contributed by atoms with van der Waals surface area (Å²) >= 11 is 0. The van der Waals surface area contributed by atoms with Crippen LogP contribution in [0.2, 0.25) is 0 Å². The highest BCUT2D eigenvalue weighted by atomic mass is 16.5. The van der Waals surface area contributed by atoms with Gasteiger partial charge in [0.1, 0.15) is 0 Å². The van der Waals surface area contributed by atoms with E-state index in [9.17, 15) is 4.79 Å². The molecule has 0 aliphatic rings. The van der Waals surface area contributed by atoms with Crippen LogP contribution in [0.25, 0.3) is 22.0 Å². The van der Waals surface area contributed by atoms with Crippen LogP contribution in [0.3, 0.4) is 0 Å². The molecule has 0 unspecified atom stereocenters. The molecule has 7 heteroatoms. The van der Waals surface area contributed by atoms with Crippen LogP contribution in [0.4, 0.5) is 11.6 Å². The summed E-state index contributed by atoms with van der Waals surface area (Å²) in [6.07, 6.45) is 2.50. The molecule has 4 aromatic rings. The van der Waals surface area contributed by atoms with E-state index in [4.69, 9.17) is 4.52 Å². The lowest BCUT2D eigenvalue weighted by atomic mass is 9.92. The number of hydrogen-bond acceptors (Lipinski definition) is 6. The second kappa shape index (κ2) is 7.65. The number of nitrogens with zero attached hydrogens (tertiary/aromatic N) is 4. The van der Waals surface area contributed by atoms with E-state index in [0.717, 1.165) is 33.4 Å². The molecule has 3 aromatic heterocycles. The largest absolute Gasteiger partial charge is 0.337 e. The molecule has 1 N–H and O–H groups in total. The highest BCUT2D eigenvalue weighted by Crippen LogP contribution is 2.28. The van der Waals surface area contributed by atoms with Crippen molar-refractivity contribution in [2.24, 2.45) is 12.5 Å². The monoisotopic (exact) mass is 417 g/mol. The van der Waals surface area contributed by atoms with Crippen LogP contribution >= 0.6 is 0 Å². The predicted octanol–water partition coefficient (Wildman–Crippen LogP) is 4.93. The predicted molar refractivity (Wildman–Crippen MR) is 123 cm³/mol. The lowest BCUT2D eigenvalue weighted by molar-refractivity contribution is 0.314. The van der Waals surface area contributed by atoms with Crippen molar-refractivity contribution in [2.75, 3.05) is 5.32 Å². The summed E-state index contributed by atoms with van der Waals surface area (Å²) in [6, 6.07) is 9.70. The molecule has 0 atom stereocenters. The Morgan fingerprint density at radius 3 is 2.61 bits per heavy atom. The summed E-state index contributed by atoms with van der Waals surface area (Å²) in [5.41, 5.74) is 5.02. The van der Waals surface area contributed by atoms with Crippen LogP contribution in [-0.2, 0) is 13.5 Å². The van der Waals surface area contributed by atoms with Crippen LogP contribution in [0.1, 0.15) is 37.9 Å². The Kier molecular flexibility index (Phi) is 5.13. The van der Waals surface area contributed by atoms with Gasteiger partial charge in [0, 0.05) is 42.0 Å². The summed E-state index contributed by atoms with van der Waals surface area (Å²) in [4.78, 5) is 22.0. The Bertz CT molecular complexity index is 1330. The first-order valence-electron chi connectivity index (χ1n) is 10.3. The molecule has 0 saturated carbocycles. The maximum absolute atomic E-state index is 13.1. The number of rotatable bonds is 4. The van der Waals surface area contributed by atoms with E-state index in [0.29, 0.717) is 23.8 Å². The van der Waals surface area contributed by atoms with Gasteiger partial charge in [0.25, 0.3) is 11.5 Å². The second-order valence-electron chi connectivity index (χ2n) is 9.21. The average Bonchev–Trinajstić information content (AvgIpc) is 3.11. The summed E-state index contributed by atoms with van der Waals surface area (Å²) in [7, 11) is 1.79. The summed E-state index contributed by atoms with van der Waals surface area (Å²) in [5.74, 6) is 0.994. The van der Waals surface area contributed by atoms with E-state index >= 15 is 0 Å². The quantitative estimate of drug-likeness (QED) is 0.507. The second-order valence-corrected chi connectivity index (χ2v) is 9.21. The number of pyridine rings is 2. The standard InChI is InChI=1S/C24H27N5O2/c1-14-7-8-17(26-23-27-21(31-28-23)12-24(3,4)5)11-18(14)19-10-16-13-25-15(2)9-20(16)29(6)22(19)30/h7-11,13H,12H2,1-6H3,(H,26,28). The van der Waals surface area contributed by atoms with Crippen LogP contribution < -0.4 is 10.9 Å². The van der Waals surface area contributed by atoms with Crippen LogP contribution in [0.15, 0.2) is 45.8 Å². The van der Waals surface area contributed by atoms with Gasteiger partial charge in [0.2, 0.25) is 5.89 Å². The van der Waals surface area contributed by atoms with Crippen LogP contribution in [-0.4, -0.2) is 19.7 Å². The number of fused-ring (bicyclic) bond motifs is 1. The van der Waals surface area contributed by atoms with Crippen molar-refractivity contribution in [3.8, 4) is 11.1 Å². The smallest absolute Gasteiger partial charge is 0.267 e. The van der Waals surface area contributed by atoms with Gasteiger partial charge in [0.15, 0.2) is 0 Å². The third kappa shape index (κ3) is 4.35. The lowest BCUT2D eigenvalue weighted by Crippen LogP contribution is -2.19. The first kappa shape index (κ1) is 20.8. The summed E-state index contributed by atoms with van der Waals surface area (Å²) in [6.45, 7) is 10.3. The Morgan fingerprint density at radius 1 is 1.10 bits per heavy atom. The first-order valence-corrected chi connectivity index (χ1v) is 10.3. The van der Waals surface area contributed by atoms with E-state index < -0.39 is 0 Å². The van der Waals surface area contributed by atoms with Gasteiger partial charge in [-0.3, -0.25) is 9.78 Å². The van der Waals surface area contributed by atoms with E-state index in [2.05, 4.69) is 41.2 Å². The number of benzene rings is 1. The Balaban J connectivity index is 1.71. The number of aromatic nitrogens is 4. The molecule has 4 rings (SSSR count). The molecular weight excluding hydrogens is 390 g/mol. The molecule has 3 heterocycles. The van der Waals surface area contributed by atoms with E-state index in [1.165, 1.54) is 0 Å². The van der Waals surface area contributed by atoms with Gasteiger partial charge in [-0.2, -0.15) is 4.98 Å². The summed E-state index contributed by atoms with van der Waals surface area (Å²) < 4.78 is 7.04. The zero-order valence-corrected chi connectivity index (χ0v) is 18.8. The van der Waals surface area contributed by atoms with Crippen molar-refractivity contribution < 1.29 is 4.52 Å². The van der Waals surface area contributed by atoms with Gasteiger partial charge in [-0.15, -0.1) is 0 Å². The molecule has 1 aromatic carbocycles. The normalized spacial score (nSPS) is 11.8. The van der Waals surface area contributed by atoms with Gasteiger partial charge in [0.05, 0.1) is 5.52 Å². The van der Waals surface area contributed by atoms with E-state index in [1.54, 1.807) is 17.8 Å². The topological polar surface area (TPSA) is 85.8 Å². The number of nitrogens with one attached hydrogen (secondary N) is 1. The highest BCUT2D eigenvalue weighted by Gasteiger charge is 2.17. The lowest BCUT2D eigenvalue weighted by Gasteiger charge is -2.14. The Labute approximate surface area is 181 Å². The fourth-order valence-electron chi connectivity index (χ4n) is 3.61. The third-order valence-electron chi connectivity index (χ3n) is 5.18. The first-order chi connectivity index (χ1) is 14.6. The highest BCUT2D eigenvalue weighted by molar-refractivity contribution is 5.85. The molecule has 0 bridgehead atoms. The van der Waals surface area contributed by atoms with E-state index in [1.807, 2.05) is 44.2 Å². The summed E-state index contributed by atoms with van der Waals surface area (Å²) in [5, 5.41) is 8.14. The number of hydrogen-bond donors (Lipinski definition) is 1. The third-order valence-corrected chi connectivity index (χ3v) is 5.18. The minimum absolute atomic E-state index is 0.0506. The maximum Gasteiger partial charge on any atom is 0.267 e. The Morgan fingerprint density at radius 2 is 1.87 bits per heavy atom. The van der Waals surface area contributed by atoms with Gasteiger partial charge in [-0.25, -0.2) is 0 Å². The zero-order valence-electron chi connectivity index (χ0n) is 18.8. The minimum Gasteiger partial charge on any atom is -0.337 e. The van der Waals surface area contributed by atoms with Crippen LogP contribution in [0.5, 0.6) is 0 Å². The molecule has 0 aliphatic heterocycles. The molecule has 0 fully saturated rings. The molecule has 0 spiro atoms. The van der Waals surface area contributed by atoms with Crippen LogP contribution in [0, 0.1) is 19.3 Å². The molecule has 0 radical (unpaired) electrons. The maximum atomic E-state index is 13.1. The fourth-order valence-corrected chi connectivity index (χ4v) is 3.61. The van der Waals surface area contributed by atoms with Crippen molar-refractivity contribution in [1.29, 1.82) is 0 Å². The van der Waals surface area contributed by atoms with Crippen molar-refractivity contribution in [3.63, 3.8) is 0 Å². The molecule has 0 amide bonds. The SMILES string of the molecule is Cc1cc2c(cn1)cc(-c1cc(Nc3noc(CC(C)(C)C)n3)ccc1C)c(=O)n2C. The van der Waals surface area contributed by atoms with Gasteiger partial charge in [-0.05, 0) is 59.8 Å². The van der Waals surface area contributed by atoms with Gasteiger partial charge < -0.3 is 14.4 Å². The fraction of sp³-hybridized carbons (Fsp3) is 0.333. The van der Waals surface area contributed by atoms with Crippen molar-refractivity contribution in [1.82, 2.24) is 19.7 Å². The van der Waals surface area contributed by atoms with Crippen molar-refractivity contribution in [3.05, 3.63) is 64.0 Å². The molecule has 31 heavy (non-hydrogen) atoms. The Hall–Kier alpha value is -3.48. The van der Waals surface area contributed by atoms with Gasteiger partial charge >= 0.3 is 0 Å². The minimum atomic E-state index is -0.0506. The van der Waals surface area contributed by atoms with Crippen molar-refractivity contribution in [2.45, 2.75) is 41.0 Å². The van der Waals surface area contributed by atoms with Gasteiger partial charge in [-0.1, -0.05) is 26.8 Å². The molecule has 7 nitrogen and oxygen atoms in total. The number of aryl methyl sites for hydroxylation is 3. The molecule has 0 aliphatic carbocycles.